The minimum Gasteiger partial charge on any atom is -0.484 e. The molecule has 0 bridgehead atoms. The highest BCUT2D eigenvalue weighted by molar-refractivity contribution is 6.02. The molecule has 1 atom stereocenters. The molecule has 2 aliphatic rings. The molecule has 1 amide bonds. The Balaban J connectivity index is 1.45. The maximum Gasteiger partial charge on any atom is 0.422 e. The first-order valence-corrected chi connectivity index (χ1v) is 11.4. The molecule has 1 aliphatic heterocycles. The van der Waals surface area contributed by atoms with Gasteiger partial charge in [0, 0.05) is 24.2 Å². The Hall–Kier alpha value is -4.36. The number of halogens is 4. The van der Waals surface area contributed by atoms with Gasteiger partial charge in [0.15, 0.2) is 18.2 Å². The van der Waals surface area contributed by atoms with Gasteiger partial charge in [0.2, 0.25) is 0 Å². The molecule has 37 heavy (non-hydrogen) atoms. The number of benzene rings is 1. The van der Waals surface area contributed by atoms with Crippen molar-refractivity contribution in [1.82, 2.24) is 40.7 Å². The summed E-state index contributed by atoms with van der Waals surface area (Å²) >= 11 is 0. The lowest BCUT2D eigenvalue weighted by molar-refractivity contribution is -0.153. The van der Waals surface area contributed by atoms with E-state index in [0.717, 1.165) is 6.07 Å². The lowest BCUT2D eigenvalue weighted by Gasteiger charge is -2.42. The Kier molecular flexibility index (Phi) is 5.21. The second-order valence-electron chi connectivity index (χ2n) is 8.93. The first-order chi connectivity index (χ1) is 17.7. The largest absolute Gasteiger partial charge is 0.484 e. The van der Waals surface area contributed by atoms with E-state index in [4.69, 9.17) is 4.74 Å². The van der Waals surface area contributed by atoms with Crippen molar-refractivity contribution in [1.29, 1.82) is 0 Å². The van der Waals surface area contributed by atoms with E-state index in [0.29, 0.717) is 42.0 Å². The number of carbonyl (C=O) groups is 1. The van der Waals surface area contributed by atoms with Crippen LogP contribution in [0.3, 0.4) is 0 Å². The van der Waals surface area contributed by atoms with Gasteiger partial charge < -0.3 is 10.1 Å². The molecular formula is C23H18F4N8O2. The predicted octanol–water partition coefficient (Wildman–Crippen LogP) is 3.05. The number of aryl methyl sites for hydroxylation is 1. The third-order valence-corrected chi connectivity index (χ3v) is 6.52. The molecule has 1 aromatic carbocycles. The maximum atomic E-state index is 15.5. The molecule has 1 aliphatic carbocycles. The third kappa shape index (κ3) is 3.97. The number of carbonyl (C=O) groups excluding carboxylic acids is 1. The summed E-state index contributed by atoms with van der Waals surface area (Å²) in [6.45, 7) is -1.53. The molecule has 4 aromatic rings. The van der Waals surface area contributed by atoms with Crippen LogP contribution >= 0.6 is 0 Å². The summed E-state index contributed by atoms with van der Waals surface area (Å²) in [5, 5.41) is 21.4. The zero-order valence-corrected chi connectivity index (χ0v) is 19.0. The van der Waals surface area contributed by atoms with E-state index >= 15 is 4.39 Å². The number of hydrogen-bond donors (Lipinski definition) is 2. The number of ether oxygens (including phenoxy) is 1. The zero-order valence-electron chi connectivity index (χ0n) is 19.0. The van der Waals surface area contributed by atoms with Gasteiger partial charge in [-0.15, -0.1) is 5.10 Å². The SMILES string of the molecule is O=C1N[C@@]2(CCCc3cc(OCC(F)(F)F)cc(F)c32)Cc2nn(-c3ccccn3)c(-c3nnn[nH]3)c21. The number of aromatic nitrogens is 7. The standard InChI is InChI=1S/C23H18F4N8O2/c24-14-9-13(37-11-23(25,26)27)8-12-4-3-6-22(18(12)14)10-15-17(21(36)29-22)19(20-30-33-34-31-20)35(32-15)16-5-1-2-7-28-16/h1-2,5,7-9H,3-4,6,10-11H2,(H,29,36)(H,30,31,33,34)/t22-/m0/s1. The smallest absolute Gasteiger partial charge is 0.422 e. The fraction of sp³-hybridized carbons (Fsp3) is 0.304. The van der Waals surface area contributed by atoms with Crippen molar-refractivity contribution < 1.29 is 27.1 Å². The Morgan fingerprint density at radius 3 is 2.81 bits per heavy atom. The summed E-state index contributed by atoms with van der Waals surface area (Å²) in [6, 6.07) is 7.54. The van der Waals surface area contributed by atoms with Crippen molar-refractivity contribution >= 4 is 5.91 Å². The van der Waals surface area contributed by atoms with Gasteiger partial charge in [0.05, 0.1) is 16.8 Å². The van der Waals surface area contributed by atoms with Crippen molar-refractivity contribution in [2.45, 2.75) is 37.4 Å². The van der Waals surface area contributed by atoms with Gasteiger partial charge in [-0.2, -0.15) is 18.3 Å². The fourth-order valence-electron chi connectivity index (χ4n) is 5.18. The van der Waals surface area contributed by atoms with Crippen LogP contribution in [0.25, 0.3) is 17.3 Å². The highest BCUT2D eigenvalue weighted by Gasteiger charge is 2.47. The Morgan fingerprint density at radius 1 is 1.22 bits per heavy atom. The lowest BCUT2D eigenvalue weighted by atomic mass is 9.71. The molecule has 0 unspecified atom stereocenters. The molecule has 10 nitrogen and oxygen atoms in total. The second-order valence-corrected chi connectivity index (χ2v) is 8.93. The van der Waals surface area contributed by atoms with Crippen LogP contribution in [-0.2, 0) is 18.4 Å². The summed E-state index contributed by atoms with van der Waals surface area (Å²) in [5.41, 5.74) is 0.504. The van der Waals surface area contributed by atoms with Gasteiger partial charge in [0.1, 0.15) is 17.3 Å². The highest BCUT2D eigenvalue weighted by Crippen LogP contribution is 2.45. The molecule has 2 N–H and O–H groups in total. The highest BCUT2D eigenvalue weighted by atomic mass is 19.4. The van der Waals surface area contributed by atoms with Gasteiger partial charge in [-0.1, -0.05) is 6.07 Å². The van der Waals surface area contributed by atoms with Crippen LogP contribution in [0.5, 0.6) is 5.75 Å². The number of rotatable bonds is 4. The van der Waals surface area contributed by atoms with E-state index in [1.54, 1.807) is 24.4 Å². The number of tetrazole rings is 1. The number of hydrogen-bond acceptors (Lipinski definition) is 7. The summed E-state index contributed by atoms with van der Waals surface area (Å²) in [7, 11) is 0. The number of H-pyrrole nitrogens is 1. The third-order valence-electron chi connectivity index (χ3n) is 6.52. The maximum absolute atomic E-state index is 15.5. The minimum atomic E-state index is -4.55. The molecule has 0 radical (unpaired) electrons. The molecular weight excluding hydrogens is 496 g/mol. The number of nitrogens with zero attached hydrogens (tertiary/aromatic N) is 6. The Labute approximate surface area is 206 Å². The van der Waals surface area contributed by atoms with Crippen molar-refractivity contribution in [2.75, 3.05) is 6.61 Å². The number of pyridine rings is 1. The summed E-state index contributed by atoms with van der Waals surface area (Å²) < 4.78 is 59.6. The van der Waals surface area contributed by atoms with Crippen LogP contribution in [0, 0.1) is 5.82 Å². The molecule has 0 saturated heterocycles. The monoisotopic (exact) mass is 514 g/mol. The quantitative estimate of drug-likeness (QED) is 0.401. The first kappa shape index (κ1) is 23.1. The summed E-state index contributed by atoms with van der Waals surface area (Å²) in [4.78, 5) is 17.9. The Bertz CT molecular complexity index is 1490. The van der Waals surface area contributed by atoms with Gasteiger partial charge >= 0.3 is 6.18 Å². The van der Waals surface area contributed by atoms with Gasteiger partial charge in [-0.05, 0) is 53.5 Å². The number of amides is 1. The Morgan fingerprint density at radius 2 is 2.08 bits per heavy atom. The average molecular weight is 514 g/mol. The molecule has 190 valence electrons. The van der Waals surface area contributed by atoms with Crippen molar-refractivity contribution in [3.63, 3.8) is 0 Å². The molecule has 0 saturated carbocycles. The minimum absolute atomic E-state index is 0.148. The molecule has 6 rings (SSSR count). The number of fused-ring (bicyclic) bond motifs is 3. The number of aromatic amines is 1. The molecule has 1 spiro atoms. The second kappa shape index (κ2) is 8.35. The van der Waals surface area contributed by atoms with Gasteiger partial charge in [0.25, 0.3) is 5.91 Å². The number of alkyl halides is 3. The van der Waals surface area contributed by atoms with E-state index in [2.05, 4.69) is 36.0 Å². The lowest BCUT2D eigenvalue weighted by Crippen LogP contribution is -2.53. The van der Waals surface area contributed by atoms with Crippen LogP contribution in [0.1, 0.15) is 40.0 Å². The van der Waals surface area contributed by atoms with Crippen LogP contribution in [0.15, 0.2) is 36.5 Å². The summed E-state index contributed by atoms with van der Waals surface area (Å²) in [6.07, 6.45) is -1.41. The average Bonchev–Trinajstić information content (AvgIpc) is 3.51. The zero-order chi connectivity index (χ0) is 25.8. The van der Waals surface area contributed by atoms with E-state index in [-0.39, 0.29) is 29.1 Å². The summed E-state index contributed by atoms with van der Waals surface area (Å²) in [5.74, 6) is -0.839. The van der Waals surface area contributed by atoms with E-state index in [1.165, 1.54) is 10.7 Å². The van der Waals surface area contributed by atoms with Crippen molar-refractivity contribution in [3.05, 3.63) is 64.7 Å². The van der Waals surface area contributed by atoms with Crippen molar-refractivity contribution in [3.8, 4) is 23.1 Å². The van der Waals surface area contributed by atoms with Crippen LogP contribution in [0.2, 0.25) is 0 Å². The van der Waals surface area contributed by atoms with E-state index < -0.39 is 30.0 Å². The van der Waals surface area contributed by atoms with Gasteiger partial charge in [-0.3, -0.25) is 4.79 Å². The number of nitrogens with one attached hydrogen (secondary N) is 2. The van der Waals surface area contributed by atoms with Crippen LogP contribution in [-0.4, -0.2) is 54.1 Å². The predicted molar refractivity (Wildman–Crippen MR) is 118 cm³/mol. The van der Waals surface area contributed by atoms with Crippen LogP contribution < -0.4 is 10.1 Å². The van der Waals surface area contributed by atoms with Crippen molar-refractivity contribution in [2.24, 2.45) is 0 Å². The van der Waals surface area contributed by atoms with Crippen LogP contribution in [0.4, 0.5) is 17.6 Å². The van der Waals surface area contributed by atoms with Gasteiger partial charge in [-0.25, -0.2) is 19.2 Å². The van der Waals surface area contributed by atoms with E-state index in [1.807, 2.05) is 0 Å². The van der Waals surface area contributed by atoms with E-state index in [9.17, 15) is 18.0 Å². The normalized spacial score (nSPS) is 18.9. The molecule has 3 aromatic heterocycles. The molecule has 14 heteroatoms. The topological polar surface area (TPSA) is 124 Å². The first-order valence-electron chi connectivity index (χ1n) is 11.4. The molecule has 4 heterocycles. The molecule has 0 fully saturated rings. The fourth-order valence-corrected chi connectivity index (χ4v) is 5.18.